The Labute approximate surface area is 137 Å². The Morgan fingerprint density at radius 1 is 1.04 bits per heavy atom. The highest BCUT2D eigenvalue weighted by atomic mass is 16.2. The molecule has 4 rings (SSSR count). The molecule has 7 nitrogen and oxygen atoms in total. The Kier molecular flexibility index (Phi) is 3.82. The van der Waals surface area contributed by atoms with Gasteiger partial charge in [-0.25, -0.2) is 4.79 Å². The van der Waals surface area contributed by atoms with E-state index in [4.69, 9.17) is 0 Å². The normalized spacial score (nSPS) is 40.0. The summed E-state index contributed by atoms with van der Waals surface area (Å²) in [5.41, 5.74) is 0. The van der Waals surface area contributed by atoms with Crippen molar-refractivity contribution in [3.05, 3.63) is 0 Å². The fraction of sp³-hybridized carbons (Fsp3) is 0.875. The van der Waals surface area contributed by atoms with Crippen molar-refractivity contribution in [2.45, 2.75) is 63.6 Å². The van der Waals surface area contributed by atoms with Crippen molar-refractivity contribution in [3.63, 3.8) is 0 Å². The van der Waals surface area contributed by atoms with Crippen molar-refractivity contribution in [1.82, 2.24) is 25.3 Å². The lowest BCUT2D eigenvalue weighted by molar-refractivity contribution is -0.131. The minimum Gasteiger partial charge on any atom is -0.310 e. The first-order valence-corrected chi connectivity index (χ1v) is 8.91. The van der Waals surface area contributed by atoms with Crippen LogP contribution >= 0.6 is 0 Å². The van der Waals surface area contributed by atoms with E-state index >= 15 is 0 Å². The molecule has 3 aliphatic heterocycles. The number of amides is 3. The maximum absolute atomic E-state index is 12.4. The van der Waals surface area contributed by atoms with Crippen LogP contribution in [-0.4, -0.2) is 71.3 Å². The summed E-state index contributed by atoms with van der Waals surface area (Å²) >= 11 is 0. The fourth-order valence-electron chi connectivity index (χ4n) is 4.82. The molecule has 23 heavy (non-hydrogen) atoms. The molecule has 0 aromatic carbocycles. The minimum atomic E-state index is -0.305. The number of carbonyl (C=O) groups is 2. The molecule has 0 aromatic heterocycles. The first-order chi connectivity index (χ1) is 11.1. The second kappa shape index (κ2) is 5.72. The van der Waals surface area contributed by atoms with Gasteiger partial charge in [-0.1, -0.05) is 26.2 Å². The average molecular weight is 321 g/mol. The molecule has 1 aliphatic carbocycles. The summed E-state index contributed by atoms with van der Waals surface area (Å²) in [6, 6.07) is 0.00752. The minimum absolute atomic E-state index is 0.0726. The van der Waals surface area contributed by atoms with Crippen molar-refractivity contribution >= 4 is 11.9 Å². The summed E-state index contributed by atoms with van der Waals surface area (Å²) in [6.45, 7) is 4.23. The topological polar surface area (TPSA) is 67.9 Å². The van der Waals surface area contributed by atoms with Gasteiger partial charge in [0.25, 0.3) is 0 Å². The number of nitrogens with zero attached hydrogens (tertiary/aromatic N) is 3. The van der Waals surface area contributed by atoms with Gasteiger partial charge in [0, 0.05) is 26.2 Å². The molecule has 3 heterocycles. The Bertz CT molecular complexity index is 507. The second-order valence-electron chi connectivity index (χ2n) is 7.63. The Hall–Kier alpha value is -1.18. The zero-order valence-electron chi connectivity index (χ0n) is 14.0. The molecule has 4 fully saturated rings. The van der Waals surface area contributed by atoms with Crippen molar-refractivity contribution in [2.75, 3.05) is 20.1 Å². The summed E-state index contributed by atoms with van der Waals surface area (Å²) in [5, 5.41) is 6.06. The van der Waals surface area contributed by atoms with Crippen LogP contribution in [0.1, 0.15) is 39.0 Å². The lowest BCUT2D eigenvalue weighted by Crippen LogP contribution is -2.65. The molecule has 0 bridgehead atoms. The maximum Gasteiger partial charge on any atom is 0.325 e. The number of likely N-dealkylation sites (N-methyl/N-ethyl adjacent to an activating group) is 1. The van der Waals surface area contributed by atoms with Crippen LogP contribution < -0.4 is 10.6 Å². The number of imide groups is 1. The molecule has 0 radical (unpaired) electrons. The quantitative estimate of drug-likeness (QED) is 0.729. The van der Waals surface area contributed by atoms with Gasteiger partial charge < -0.3 is 4.90 Å². The second-order valence-corrected chi connectivity index (χ2v) is 7.63. The van der Waals surface area contributed by atoms with E-state index < -0.39 is 0 Å². The zero-order chi connectivity index (χ0) is 16.1. The Morgan fingerprint density at radius 2 is 1.74 bits per heavy atom. The van der Waals surface area contributed by atoms with E-state index in [9.17, 15) is 9.59 Å². The summed E-state index contributed by atoms with van der Waals surface area (Å²) in [4.78, 5) is 30.8. The fourth-order valence-corrected chi connectivity index (χ4v) is 4.82. The number of nitrogens with one attached hydrogen (secondary N) is 2. The predicted molar refractivity (Wildman–Crippen MR) is 85.3 cm³/mol. The van der Waals surface area contributed by atoms with E-state index in [1.165, 1.54) is 32.1 Å². The van der Waals surface area contributed by atoms with Crippen LogP contribution in [-0.2, 0) is 4.79 Å². The van der Waals surface area contributed by atoms with Crippen LogP contribution in [0.15, 0.2) is 0 Å². The molecule has 2 N–H and O–H groups in total. The highest BCUT2D eigenvalue weighted by Gasteiger charge is 2.55. The summed E-state index contributed by atoms with van der Waals surface area (Å²) in [5.74, 6) is 0.371. The average Bonchev–Trinajstić information content (AvgIpc) is 2.92. The zero-order valence-corrected chi connectivity index (χ0v) is 14.0. The molecule has 0 spiro atoms. The highest BCUT2D eigenvalue weighted by Crippen LogP contribution is 2.34. The van der Waals surface area contributed by atoms with E-state index in [1.54, 1.807) is 11.9 Å². The highest BCUT2D eigenvalue weighted by molar-refractivity contribution is 6.00. The molecule has 4 unspecified atom stereocenters. The van der Waals surface area contributed by atoms with Gasteiger partial charge >= 0.3 is 6.03 Å². The van der Waals surface area contributed by atoms with E-state index in [0.29, 0.717) is 12.0 Å². The number of hydrogen-bond acceptors (Lipinski definition) is 5. The molecule has 3 saturated heterocycles. The summed E-state index contributed by atoms with van der Waals surface area (Å²) < 4.78 is 0. The van der Waals surface area contributed by atoms with Crippen LogP contribution in [0, 0.1) is 5.92 Å². The number of rotatable bonds is 1. The van der Waals surface area contributed by atoms with E-state index in [-0.39, 0.29) is 30.4 Å². The van der Waals surface area contributed by atoms with Gasteiger partial charge in [0.2, 0.25) is 5.91 Å². The molecule has 3 amide bonds. The van der Waals surface area contributed by atoms with Crippen LogP contribution in [0.25, 0.3) is 0 Å². The van der Waals surface area contributed by atoms with E-state index in [0.717, 1.165) is 13.1 Å². The van der Waals surface area contributed by atoms with Crippen molar-refractivity contribution in [2.24, 2.45) is 5.92 Å². The molecular formula is C16H27N5O2. The first kappa shape index (κ1) is 15.4. The predicted octanol–water partition coefficient (Wildman–Crippen LogP) is 0.336. The van der Waals surface area contributed by atoms with Crippen molar-refractivity contribution in [3.8, 4) is 0 Å². The molecule has 0 aromatic rings. The SMILES string of the molecule is CC1CN(C2CCCCC2)C2NC3C(C(=O)NC(=O)N3C)N2C1. The monoisotopic (exact) mass is 321 g/mol. The van der Waals surface area contributed by atoms with Crippen molar-refractivity contribution < 1.29 is 9.59 Å². The molecule has 1 saturated carbocycles. The molecule has 7 heteroatoms. The smallest absolute Gasteiger partial charge is 0.310 e. The third kappa shape index (κ3) is 2.45. The van der Waals surface area contributed by atoms with Gasteiger partial charge in [-0.05, 0) is 18.8 Å². The lowest BCUT2D eigenvalue weighted by atomic mass is 9.92. The van der Waals surface area contributed by atoms with Crippen LogP contribution in [0.3, 0.4) is 0 Å². The number of hydrogen-bond donors (Lipinski definition) is 2. The molecule has 4 atom stereocenters. The van der Waals surface area contributed by atoms with Crippen LogP contribution in [0.4, 0.5) is 4.79 Å². The van der Waals surface area contributed by atoms with Gasteiger partial charge in [0.15, 0.2) is 0 Å². The largest absolute Gasteiger partial charge is 0.325 e. The number of carbonyl (C=O) groups excluding carboxylic acids is 2. The van der Waals surface area contributed by atoms with Crippen LogP contribution in [0.2, 0.25) is 0 Å². The first-order valence-electron chi connectivity index (χ1n) is 8.91. The molecular weight excluding hydrogens is 294 g/mol. The Balaban J connectivity index is 1.61. The number of fused-ring (bicyclic) bond motifs is 3. The Morgan fingerprint density at radius 3 is 2.48 bits per heavy atom. The summed E-state index contributed by atoms with van der Waals surface area (Å²) in [7, 11) is 1.76. The number of urea groups is 1. The third-order valence-corrected chi connectivity index (χ3v) is 5.93. The standard InChI is InChI=1S/C16H27N5O2/c1-10-8-20(11-6-4-3-5-7-11)15-17-13-12(21(15)9-10)14(22)18-16(23)19(13)2/h10-13,15,17H,3-9H2,1-2H3,(H,18,22,23). The molecule has 4 aliphatic rings. The maximum atomic E-state index is 12.4. The van der Waals surface area contributed by atoms with Gasteiger partial charge in [0.05, 0.1) is 0 Å². The van der Waals surface area contributed by atoms with Gasteiger partial charge in [-0.2, -0.15) is 0 Å². The van der Waals surface area contributed by atoms with E-state index in [1.807, 2.05) is 0 Å². The van der Waals surface area contributed by atoms with Gasteiger partial charge in [0.1, 0.15) is 18.5 Å². The third-order valence-electron chi connectivity index (χ3n) is 5.93. The van der Waals surface area contributed by atoms with Gasteiger partial charge in [-0.3, -0.25) is 25.2 Å². The van der Waals surface area contributed by atoms with Crippen LogP contribution in [0.5, 0.6) is 0 Å². The van der Waals surface area contributed by atoms with Crippen molar-refractivity contribution in [1.29, 1.82) is 0 Å². The van der Waals surface area contributed by atoms with E-state index in [2.05, 4.69) is 27.4 Å². The molecule has 128 valence electrons. The summed E-state index contributed by atoms with van der Waals surface area (Å²) in [6.07, 6.45) is 6.28. The van der Waals surface area contributed by atoms with Gasteiger partial charge in [-0.15, -0.1) is 0 Å². The lowest BCUT2D eigenvalue weighted by Gasteiger charge is -2.48.